The molecule has 1 aliphatic rings. The van der Waals surface area contributed by atoms with E-state index in [-0.39, 0.29) is 5.91 Å². The maximum absolute atomic E-state index is 12.7. The van der Waals surface area contributed by atoms with Crippen molar-refractivity contribution >= 4 is 40.6 Å². The molecule has 0 saturated carbocycles. The van der Waals surface area contributed by atoms with Crippen molar-refractivity contribution in [3.05, 3.63) is 69.9 Å². The average Bonchev–Trinajstić information content (AvgIpc) is 3.51. The van der Waals surface area contributed by atoms with E-state index < -0.39 is 0 Å². The topological polar surface area (TPSA) is 76.8 Å². The number of benzene rings is 1. The van der Waals surface area contributed by atoms with Gasteiger partial charge in [0.1, 0.15) is 10.7 Å². The Morgan fingerprint density at radius 1 is 1.12 bits per heavy atom. The van der Waals surface area contributed by atoms with E-state index in [0.29, 0.717) is 22.3 Å². The molecule has 0 aliphatic carbocycles. The second-order valence-electron chi connectivity index (χ2n) is 7.63. The van der Waals surface area contributed by atoms with Gasteiger partial charge in [0.25, 0.3) is 5.91 Å². The third-order valence-electron chi connectivity index (χ3n) is 5.36. The smallest absolute Gasteiger partial charge is 0.273 e. The molecule has 4 heterocycles. The van der Waals surface area contributed by atoms with Crippen molar-refractivity contribution in [2.45, 2.75) is 30.2 Å². The third kappa shape index (κ3) is 4.95. The second-order valence-corrected chi connectivity index (χ2v) is 9.95. The summed E-state index contributed by atoms with van der Waals surface area (Å²) in [6.45, 7) is 1.64. The third-order valence-corrected chi connectivity index (χ3v) is 7.57. The molecule has 0 unspecified atom stereocenters. The lowest BCUT2D eigenvalue weighted by Gasteiger charge is -2.25. The molecule has 1 fully saturated rings. The number of aromatic nitrogens is 5. The highest BCUT2D eigenvalue weighted by molar-refractivity contribution is 7.98. The molecule has 1 aromatic carbocycles. The fourth-order valence-electron chi connectivity index (χ4n) is 3.75. The van der Waals surface area contributed by atoms with E-state index in [0.717, 1.165) is 47.3 Å². The molecule has 3 aromatic heterocycles. The summed E-state index contributed by atoms with van der Waals surface area (Å²) < 4.78 is 1.97. The van der Waals surface area contributed by atoms with Crippen LogP contribution < -0.4 is 0 Å². The van der Waals surface area contributed by atoms with Crippen LogP contribution >= 0.6 is 34.7 Å². The molecule has 4 aromatic rings. The van der Waals surface area contributed by atoms with Crippen LogP contribution in [-0.2, 0) is 5.75 Å². The first-order valence-corrected chi connectivity index (χ1v) is 12.9. The normalized spacial score (nSPS) is 13.9. The molecule has 1 aliphatic heterocycles. The van der Waals surface area contributed by atoms with Crippen LogP contribution in [0.3, 0.4) is 0 Å². The number of hydrogen-bond donors (Lipinski definition) is 0. The molecule has 0 spiro atoms. The zero-order valence-electron chi connectivity index (χ0n) is 17.7. The van der Waals surface area contributed by atoms with Crippen LogP contribution in [0.25, 0.3) is 17.1 Å². The second kappa shape index (κ2) is 10.0. The monoisotopic (exact) mass is 496 g/mol. The van der Waals surface area contributed by atoms with Crippen LogP contribution in [0.5, 0.6) is 0 Å². The number of amides is 1. The van der Waals surface area contributed by atoms with Gasteiger partial charge in [-0.25, -0.2) is 4.98 Å². The van der Waals surface area contributed by atoms with Gasteiger partial charge in [0.05, 0.1) is 11.4 Å². The van der Waals surface area contributed by atoms with Crippen LogP contribution in [0, 0.1) is 0 Å². The lowest BCUT2D eigenvalue weighted by Crippen LogP contribution is -2.35. The number of carbonyl (C=O) groups is 1. The molecule has 33 heavy (non-hydrogen) atoms. The molecule has 0 bridgehead atoms. The van der Waals surface area contributed by atoms with Gasteiger partial charge in [0.15, 0.2) is 11.0 Å². The molecule has 168 valence electrons. The largest absolute Gasteiger partial charge is 0.337 e. The summed E-state index contributed by atoms with van der Waals surface area (Å²) in [5.74, 6) is 1.31. The van der Waals surface area contributed by atoms with E-state index in [9.17, 15) is 4.79 Å². The number of carbonyl (C=O) groups excluding carboxylic acids is 1. The number of rotatable bonds is 6. The van der Waals surface area contributed by atoms with E-state index in [4.69, 9.17) is 11.6 Å². The number of halogens is 1. The summed E-state index contributed by atoms with van der Waals surface area (Å²) in [4.78, 5) is 23.5. The number of likely N-dealkylation sites (tertiary alicyclic amines) is 1. The zero-order chi connectivity index (χ0) is 22.6. The highest BCUT2D eigenvalue weighted by Gasteiger charge is 2.21. The summed E-state index contributed by atoms with van der Waals surface area (Å²) in [5.41, 5.74) is 2.26. The molecular formula is C23H21ClN6OS2. The van der Waals surface area contributed by atoms with E-state index in [2.05, 4.69) is 20.2 Å². The Balaban J connectivity index is 1.39. The van der Waals surface area contributed by atoms with E-state index in [1.807, 2.05) is 51.2 Å². The predicted molar refractivity (Wildman–Crippen MR) is 131 cm³/mol. The quantitative estimate of drug-likeness (QED) is 0.334. The van der Waals surface area contributed by atoms with Crippen LogP contribution in [-0.4, -0.2) is 48.6 Å². The highest BCUT2D eigenvalue weighted by atomic mass is 35.5. The number of pyridine rings is 1. The molecule has 1 saturated heterocycles. The molecule has 0 atom stereocenters. The Morgan fingerprint density at radius 2 is 2.00 bits per heavy atom. The number of hydrogen-bond acceptors (Lipinski definition) is 7. The molecule has 0 N–H and O–H groups in total. The summed E-state index contributed by atoms with van der Waals surface area (Å²) in [5, 5.41) is 13.0. The lowest BCUT2D eigenvalue weighted by molar-refractivity contribution is 0.0719. The Hall–Kier alpha value is -2.75. The molecule has 1 amide bonds. The fraction of sp³-hybridized carbons (Fsp3) is 0.261. The SMILES string of the molecule is O=C(c1csc(CSc2nnc(-c3cccnc3)n2-c2cccc(Cl)c2)n1)N1CCCCC1. The number of thioether (sulfide) groups is 1. The minimum atomic E-state index is 0.0307. The van der Waals surface area contributed by atoms with E-state index >= 15 is 0 Å². The Morgan fingerprint density at radius 3 is 2.79 bits per heavy atom. The van der Waals surface area contributed by atoms with Crippen LogP contribution in [0.4, 0.5) is 0 Å². The Bertz CT molecular complexity index is 1250. The Kier molecular flexibility index (Phi) is 6.70. The van der Waals surface area contributed by atoms with Crippen molar-refractivity contribution < 1.29 is 4.79 Å². The van der Waals surface area contributed by atoms with Crippen LogP contribution in [0.15, 0.2) is 59.3 Å². The number of piperidine rings is 1. The highest BCUT2D eigenvalue weighted by Crippen LogP contribution is 2.31. The first-order valence-electron chi connectivity index (χ1n) is 10.7. The maximum Gasteiger partial charge on any atom is 0.273 e. The number of thiazole rings is 1. The average molecular weight is 497 g/mol. The van der Waals surface area contributed by atoms with E-state index in [1.165, 1.54) is 29.5 Å². The van der Waals surface area contributed by atoms with Crippen LogP contribution in [0.1, 0.15) is 34.8 Å². The summed E-state index contributed by atoms with van der Waals surface area (Å²) in [6, 6.07) is 11.4. The first-order chi connectivity index (χ1) is 16.2. The predicted octanol–water partition coefficient (Wildman–Crippen LogP) is 5.36. The van der Waals surface area contributed by atoms with Gasteiger partial charge in [0, 0.05) is 41.4 Å². The van der Waals surface area contributed by atoms with Gasteiger partial charge in [-0.1, -0.05) is 29.4 Å². The maximum atomic E-state index is 12.7. The first kappa shape index (κ1) is 22.1. The molecular weight excluding hydrogens is 476 g/mol. The minimum Gasteiger partial charge on any atom is -0.337 e. The van der Waals surface area contributed by atoms with Crippen molar-refractivity contribution in [2.75, 3.05) is 13.1 Å². The standard InChI is InChI=1S/C23H21ClN6OS2/c24-17-7-4-8-18(12-17)30-21(16-6-5-9-25-13-16)27-28-23(30)33-15-20-26-19(14-32-20)22(31)29-10-2-1-3-11-29/h4-9,12-14H,1-3,10-11,15H2. The molecule has 10 heteroatoms. The minimum absolute atomic E-state index is 0.0307. The van der Waals surface area contributed by atoms with Crippen molar-refractivity contribution in [1.82, 2.24) is 29.6 Å². The van der Waals surface area contributed by atoms with Crippen LogP contribution in [0.2, 0.25) is 5.02 Å². The fourth-order valence-corrected chi connectivity index (χ4v) is 5.68. The van der Waals surface area contributed by atoms with Crippen molar-refractivity contribution in [2.24, 2.45) is 0 Å². The van der Waals surface area contributed by atoms with Gasteiger partial charge in [-0.2, -0.15) is 0 Å². The van der Waals surface area contributed by atoms with Crippen molar-refractivity contribution in [1.29, 1.82) is 0 Å². The van der Waals surface area contributed by atoms with E-state index in [1.54, 1.807) is 12.4 Å². The summed E-state index contributed by atoms with van der Waals surface area (Å²) >= 11 is 9.29. The van der Waals surface area contributed by atoms with Crippen molar-refractivity contribution in [3.63, 3.8) is 0 Å². The van der Waals surface area contributed by atoms with Crippen molar-refractivity contribution in [3.8, 4) is 17.1 Å². The molecule has 0 radical (unpaired) electrons. The zero-order valence-corrected chi connectivity index (χ0v) is 20.1. The van der Waals surface area contributed by atoms with Gasteiger partial charge in [0.2, 0.25) is 0 Å². The summed E-state index contributed by atoms with van der Waals surface area (Å²) in [6.07, 6.45) is 6.81. The van der Waals surface area contributed by atoms with Gasteiger partial charge in [-0.3, -0.25) is 14.3 Å². The van der Waals surface area contributed by atoms with Gasteiger partial charge >= 0.3 is 0 Å². The molecule has 7 nitrogen and oxygen atoms in total. The van der Waals surface area contributed by atoms with Gasteiger partial charge in [-0.15, -0.1) is 21.5 Å². The molecule has 5 rings (SSSR count). The number of nitrogens with zero attached hydrogens (tertiary/aromatic N) is 6. The van der Waals surface area contributed by atoms with Gasteiger partial charge < -0.3 is 4.90 Å². The Labute approximate surface area is 204 Å². The van der Waals surface area contributed by atoms with Gasteiger partial charge in [-0.05, 0) is 49.6 Å². The summed E-state index contributed by atoms with van der Waals surface area (Å²) in [7, 11) is 0. The lowest BCUT2D eigenvalue weighted by atomic mass is 10.1.